The van der Waals surface area contributed by atoms with E-state index in [2.05, 4.69) is 4.98 Å². The van der Waals surface area contributed by atoms with E-state index < -0.39 is 0 Å². The van der Waals surface area contributed by atoms with Crippen LogP contribution < -0.4 is 5.73 Å². The largest absolute Gasteiger partial charge is 0.398 e. The lowest BCUT2D eigenvalue weighted by molar-refractivity contribution is 1.32. The molecule has 2 rings (SSSR count). The second kappa shape index (κ2) is 3.91. The molecular weight excluding hydrogens is 208 g/mol. The van der Waals surface area contributed by atoms with Gasteiger partial charge >= 0.3 is 0 Å². The van der Waals surface area contributed by atoms with Crippen molar-refractivity contribution in [3.63, 3.8) is 0 Å². The summed E-state index contributed by atoms with van der Waals surface area (Å²) in [5.74, 6) is 0. The van der Waals surface area contributed by atoms with Crippen LogP contribution in [0.25, 0.3) is 11.1 Å². The smallest absolute Gasteiger partial charge is 0.131 e. The third-order valence-corrected chi connectivity index (χ3v) is 2.54. The van der Waals surface area contributed by atoms with Crippen LogP contribution in [0.4, 0.5) is 5.69 Å². The summed E-state index contributed by atoms with van der Waals surface area (Å²) in [7, 11) is 0. The summed E-state index contributed by atoms with van der Waals surface area (Å²) in [5.41, 5.74) is 9.75. The van der Waals surface area contributed by atoms with Crippen LogP contribution in [0.2, 0.25) is 5.15 Å². The number of benzene rings is 1. The normalized spacial score (nSPS) is 10.3. The molecule has 0 fully saturated rings. The fourth-order valence-corrected chi connectivity index (χ4v) is 1.71. The molecule has 0 saturated carbocycles. The van der Waals surface area contributed by atoms with Gasteiger partial charge in [-0.2, -0.15) is 0 Å². The van der Waals surface area contributed by atoms with Crippen molar-refractivity contribution in [1.29, 1.82) is 0 Å². The van der Waals surface area contributed by atoms with Crippen LogP contribution in [0, 0.1) is 6.92 Å². The summed E-state index contributed by atoms with van der Waals surface area (Å²) < 4.78 is 0. The Hall–Kier alpha value is -1.54. The van der Waals surface area contributed by atoms with Crippen molar-refractivity contribution >= 4 is 17.3 Å². The second-order valence-electron chi connectivity index (χ2n) is 3.41. The van der Waals surface area contributed by atoms with Crippen LogP contribution >= 0.6 is 11.6 Å². The van der Waals surface area contributed by atoms with Crippen molar-refractivity contribution in [3.05, 3.63) is 47.2 Å². The fraction of sp³-hybridized carbons (Fsp3) is 0.0833. The lowest BCUT2D eigenvalue weighted by Gasteiger charge is -2.08. The molecular formula is C12H11ClN2. The summed E-state index contributed by atoms with van der Waals surface area (Å²) in [6.07, 6.45) is 1.71. The van der Waals surface area contributed by atoms with E-state index in [4.69, 9.17) is 17.3 Å². The highest BCUT2D eigenvalue weighted by Gasteiger charge is 2.05. The summed E-state index contributed by atoms with van der Waals surface area (Å²) in [4.78, 5) is 4.04. The Labute approximate surface area is 93.7 Å². The van der Waals surface area contributed by atoms with Crippen molar-refractivity contribution in [1.82, 2.24) is 4.98 Å². The Morgan fingerprint density at radius 2 is 1.93 bits per heavy atom. The van der Waals surface area contributed by atoms with Gasteiger partial charge in [-0.3, -0.25) is 0 Å². The minimum Gasteiger partial charge on any atom is -0.398 e. The predicted octanol–water partition coefficient (Wildman–Crippen LogP) is 3.29. The van der Waals surface area contributed by atoms with Gasteiger partial charge in [0, 0.05) is 17.4 Å². The lowest BCUT2D eigenvalue weighted by Crippen LogP contribution is -1.93. The molecule has 0 bridgehead atoms. The zero-order valence-electron chi connectivity index (χ0n) is 8.37. The van der Waals surface area contributed by atoms with Crippen LogP contribution in [0.1, 0.15) is 5.56 Å². The molecule has 1 heterocycles. The first kappa shape index (κ1) is 9.99. The average Bonchev–Trinajstić information content (AvgIpc) is 2.20. The quantitative estimate of drug-likeness (QED) is 0.746. The molecule has 2 nitrogen and oxygen atoms in total. The third-order valence-electron chi connectivity index (χ3n) is 2.34. The molecule has 0 atom stereocenters. The number of aromatic nitrogens is 1. The maximum Gasteiger partial charge on any atom is 0.131 e. The Morgan fingerprint density at radius 1 is 1.20 bits per heavy atom. The molecule has 15 heavy (non-hydrogen) atoms. The number of halogens is 1. The summed E-state index contributed by atoms with van der Waals surface area (Å²) in [6, 6.07) is 9.72. The molecule has 0 amide bonds. The molecule has 0 aliphatic rings. The Balaban J connectivity index is 2.60. The standard InChI is InChI=1S/C12H11ClN2/c1-8-4-2-3-5-9(8)10-7-15-12(13)6-11(10)14/h2-7H,1H3,(H2,14,15). The van der Waals surface area contributed by atoms with Crippen molar-refractivity contribution in [2.75, 3.05) is 5.73 Å². The first-order valence-electron chi connectivity index (χ1n) is 4.65. The summed E-state index contributed by atoms with van der Waals surface area (Å²) >= 11 is 5.75. The molecule has 76 valence electrons. The highest BCUT2D eigenvalue weighted by molar-refractivity contribution is 6.29. The fourth-order valence-electron chi connectivity index (χ4n) is 1.54. The number of pyridine rings is 1. The SMILES string of the molecule is Cc1ccccc1-c1cnc(Cl)cc1N. The van der Waals surface area contributed by atoms with Gasteiger partial charge in [-0.25, -0.2) is 4.98 Å². The maximum absolute atomic E-state index is 5.90. The molecule has 0 spiro atoms. The van der Waals surface area contributed by atoms with Crippen molar-refractivity contribution in [2.45, 2.75) is 6.92 Å². The Morgan fingerprint density at radius 3 is 2.60 bits per heavy atom. The van der Waals surface area contributed by atoms with Gasteiger partial charge in [-0.05, 0) is 24.1 Å². The number of hydrogen-bond acceptors (Lipinski definition) is 2. The first-order valence-corrected chi connectivity index (χ1v) is 5.03. The van der Waals surface area contributed by atoms with E-state index in [1.54, 1.807) is 12.3 Å². The Kier molecular flexibility index (Phi) is 2.60. The molecule has 0 unspecified atom stereocenters. The minimum atomic E-state index is 0.421. The summed E-state index contributed by atoms with van der Waals surface area (Å²) in [6.45, 7) is 2.05. The van der Waals surface area contributed by atoms with Crippen LogP contribution in [0.5, 0.6) is 0 Å². The zero-order valence-corrected chi connectivity index (χ0v) is 9.12. The van der Waals surface area contributed by atoms with Gasteiger partial charge < -0.3 is 5.73 Å². The van der Waals surface area contributed by atoms with Gasteiger partial charge in [0.05, 0.1) is 0 Å². The van der Waals surface area contributed by atoms with Crippen molar-refractivity contribution in [3.8, 4) is 11.1 Å². The van der Waals surface area contributed by atoms with Gasteiger partial charge in [0.2, 0.25) is 0 Å². The Bertz CT molecular complexity index is 495. The molecule has 1 aromatic carbocycles. The van der Waals surface area contributed by atoms with Gasteiger partial charge in [0.25, 0.3) is 0 Å². The highest BCUT2D eigenvalue weighted by Crippen LogP contribution is 2.28. The van der Waals surface area contributed by atoms with Crippen LogP contribution in [-0.4, -0.2) is 4.98 Å². The zero-order chi connectivity index (χ0) is 10.8. The molecule has 0 aliphatic carbocycles. The number of anilines is 1. The topological polar surface area (TPSA) is 38.9 Å². The minimum absolute atomic E-state index is 0.421. The number of nitrogens with zero attached hydrogens (tertiary/aromatic N) is 1. The van der Waals surface area contributed by atoms with Crippen molar-refractivity contribution < 1.29 is 0 Å². The molecule has 2 N–H and O–H groups in total. The van der Waals surface area contributed by atoms with E-state index >= 15 is 0 Å². The molecule has 2 aromatic rings. The van der Waals surface area contributed by atoms with Crippen LogP contribution in [0.3, 0.4) is 0 Å². The van der Waals surface area contributed by atoms with Gasteiger partial charge in [-0.1, -0.05) is 35.9 Å². The van der Waals surface area contributed by atoms with Gasteiger partial charge in [0.15, 0.2) is 0 Å². The number of aryl methyl sites for hydroxylation is 1. The number of nitrogen functional groups attached to an aromatic ring is 1. The van der Waals surface area contributed by atoms with Gasteiger partial charge in [0.1, 0.15) is 5.15 Å². The van der Waals surface area contributed by atoms with Crippen molar-refractivity contribution in [2.24, 2.45) is 0 Å². The van der Waals surface area contributed by atoms with Gasteiger partial charge in [-0.15, -0.1) is 0 Å². The van der Waals surface area contributed by atoms with E-state index in [9.17, 15) is 0 Å². The summed E-state index contributed by atoms with van der Waals surface area (Å²) in [5, 5.41) is 0.421. The number of hydrogen-bond donors (Lipinski definition) is 1. The van der Waals surface area contributed by atoms with E-state index in [-0.39, 0.29) is 0 Å². The number of rotatable bonds is 1. The van der Waals surface area contributed by atoms with E-state index in [0.29, 0.717) is 10.8 Å². The van der Waals surface area contributed by atoms with E-state index in [0.717, 1.165) is 11.1 Å². The molecule has 0 saturated heterocycles. The molecule has 1 aromatic heterocycles. The lowest BCUT2D eigenvalue weighted by atomic mass is 10.0. The molecule has 0 aliphatic heterocycles. The third kappa shape index (κ3) is 1.95. The van der Waals surface area contributed by atoms with Crippen LogP contribution in [-0.2, 0) is 0 Å². The van der Waals surface area contributed by atoms with E-state index in [1.165, 1.54) is 5.56 Å². The maximum atomic E-state index is 5.90. The molecule has 0 radical (unpaired) electrons. The van der Waals surface area contributed by atoms with E-state index in [1.807, 2.05) is 31.2 Å². The van der Waals surface area contributed by atoms with Crippen LogP contribution in [0.15, 0.2) is 36.5 Å². The second-order valence-corrected chi connectivity index (χ2v) is 3.80. The predicted molar refractivity (Wildman–Crippen MR) is 63.8 cm³/mol. The average molecular weight is 219 g/mol. The number of nitrogens with two attached hydrogens (primary N) is 1. The first-order chi connectivity index (χ1) is 7.18. The monoisotopic (exact) mass is 218 g/mol. The highest BCUT2D eigenvalue weighted by atomic mass is 35.5. The molecule has 3 heteroatoms.